The van der Waals surface area contributed by atoms with Crippen LogP contribution in [0.1, 0.15) is 5.56 Å². The summed E-state index contributed by atoms with van der Waals surface area (Å²) in [6.45, 7) is 0.842. The first-order valence-corrected chi connectivity index (χ1v) is 7.18. The van der Waals surface area contributed by atoms with Crippen molar-refractivity contribution in [1.82, 2.24) is 14.9 Å². The number of nitrogens with zero attached hydrogens (tertiary/aromatic N) is 2. The summed E-state index contributed by atoms with van der Waals surface area (Å²) in [5, 5.41) is 3.89. The van der Waals surface area contributed by atoms with Crippen LogP contribution >= 0.6 is 11.6 Å². The summed E-state index contributed by atoms with van der Waals surface area (Å²) in [5.41, 5.74) is 4.41. The number of imidazole rings is 1. The van der Waals surface area contributed by atoms with Gasteiger partial charge in [-0.05, 0) is 36.9 Å². The van der Waals surface area contributed by atoms with Crippen molar-refractivity contribution in [3.63, 3.8) is 0 Å². The van der Waals surface area contributed by atoms with E-state index >= 15 is 0 Å². The van der Waals surface area contributed by atoms with Gasteiger partial charge in [-0.3, -0.25) is 4.57 Å². The number of nitrogens with one attached hydrogen (secondary N) is 1. The Morgan fingerprint density at radius 1 is 1.14 bits per heavy atom. The Hall–Kier alpha value is -2.10. The standard InChI is InChI=1S/C17H16ClN3/c1-19-10-13-4-2-7-16(8-13)21-12-20-11-17(21)14-5-3-6-15(18)9-14/h2-9,11-12,19H,10H2,1H3. The molecule has 0 unspecified atom stereocenters. The highest BCUT2D eigenvalue weighted by atomic mass is 35.5. The Labute approximate surface area is 129 Å². The van der Waals surface area contributed by atoms with Crippen molar-refractivity contribution in [1.29, 1.82) is 0 Å². The molecule has 3 rings (SSSR count). The van der Waals surface area contributed by atoms with Gasteiger partial charge in [-0.15, -0.1) is 0 Å². The van der Waals surface area contributed by atoms with E-state index in [-0.39, 0.29) is 0 Å². The van der Waals surface area contributed by atoms with Gasteiger partial charge in [0.05, 0.1) is 18.2 Å². The maximum absolute atomic E-state index is 6.09. The van der Waals surface area contributed by atoms with E-state index in [1.54, 1.807) is 0 Å². The van der Waals surface area contributed by atoms with E-state index < -0.39 is 0 Å². The molecule has 0 spiro atoms. The third-order valence-electron chi connectivity index (χ3n) is 3.33. The van der Waals surface area contributed by atoms with E-state index in [1.165, 1.54) is 5.56 Å². The molecule has 1 heterocycles. The van der Waals surface area contributed by atoms with Crippen molar-refractivity contribution in [3.8, 4) is 16.9 Å². The van der Waals surface area contributed by atoms with E-state index in [4.69, 9.17) is 11.6 Å². The largest absolute Gasteiger partial charge is 0.316 e. The van der Waals surface area contributed by atoms with E-state index in [1.807, 2.05) is 43.8 Å². The van der Waals surface area contributed by atoms with Crippen LogP contribution < -0.4 is 5.32 Å². The maximum atomic E-state index is 6.09. The Morgan fingerprint density at radius 3 is 2.81 bits per heavy atom. The maximum Gasteiger partial charge on any atom is 0.0997 e. The van der Waals surface area contributed by atoms with Crippen molar-refractivity contribution in [3.05, 3.63) is 71.6 Å². The molecule has 0 aliphatic heterocycles. The Morgan fingerprint density at radius 2 is 2.00 bits per heavy atom. The van der Waals surface area contributed by atoms with Crippen molar-refractivity contribution < 1.29 is 0 Å². The van der Waals surface area contributed by atoms with Gasteiger partial charge in [0.1, 0.15) is 0 Å². The number of rotatable bonds is 4. The van der Waals surface area contributed by atoms with Gasteiger partial charge in [-0.25, -0.2) is 4.98 Å². The van der Waals surface area contributed by atoms with Gasteiger partial charge >= 0.3 is 0 Å². The predicted molar refractivity (Wildman–Crippen MR) is 86.8 cm³/mol. The molecule has 0 radical (unpaired) electrons. The van der Waals surface area contributed by atoms with Crippen molar-refractivity contribution in [2.75, 3.05) is 7.05 Å². The molecule has 21 heavy (non-hydrogen) atoms. The van der Waals surface area contributed by atoms with E-state index in [0.29, 0.717) is 0 Å². The number of aromatic nitrogens is 2. The summed E-state index contributed by atoms with van der Waals surface area (Å²) in [5.74, 6) is 0. The summed E-state index contributed by atoms with van der Waals surface area (Å²) < 4.78 is 2.07. The number of benzene rings is 2. The zero-order valence-corrected chi connectivity index (χ0v) is 12.5. The van der Waals surface area contributed by atoms with Crippen LogP contribution in [0.15, 0.2) is 61.1 Å². The number of halogens is 1. The Bertz CT molecular complexity index is 749. The zero-order valence-electron chi connectivity index (χ0n) is 11.8. The molecule has 3 nitrogen and oxygen atoms in total. The fraction of sp³-hybridized carbons (Fsp3) is 0.118. The molecule has 0 amide bonds. The molecule has 106 valence electrons. The first kappa shape index (κ1) is 13.9. The van der Waals surface area contributed by atoms with E-state index in [0.717, 1.165) is 28.5 Å². The zero-order chi connectivity index (χ0) is 14.7. The van der Waals surface area contributed by atoms with Crippen molar-refractivity contribution in [2.24, 2.45) is 0 Å². The SMILES string of the molecule is CNCc1cccc(-n2cncc2-c2cccc(Cl)c2)c1. The summed E-state index contributed by atoms with van der Waals surface area (Å²) in [6.07, 6.45) is 3.69. The molecule has 1 aromatic heterocycles. The second kappa shape index (κ2) is 6.12. The topological polar surface area (TPSA) is 29.9 Å². The van der Waals surface area contributed by atoms with Crippen LogP contribution in [0, 0.1) is 0 Å². The van der Waals surface area contributed by atoms with Gasteiger partial charge in [-0.1, -0.05) is 35.9 Å². The lowest BCUT2D eigenvalue weighted by Crippen LogP contribution is -2.05. The van der Waals surface area contributed by atoms with Crippen LogP contribution in [0.5, 0.6) is 0 Å². The first-order valence-electron chi connectivity index (χ1n) is 6.80. The van der Waals surface area contributed by atoms with Crippen LogP contribution in [0.3, 0.4) is 0 Å². The third kappa shape index (κ3) is 2.99. The molecule has 0 aliphatic rings. The van der Waals surface area contributed by atoms with Gasteiger partial charge < -0.3 is 5.32 Å². The van der Waals surface area contributed by atoms with E-state index in [9.17, 15) is 0 Å². The van der Waals surface area contributed by atoms with Crippen molar-refractivity contribution >= 4 is 11.6 Å². The summed E-state index contributed by atoms with van der Waals surface area (Å²) in [6, 6.07) is 16.2. The third-order valence-corrected chi connectivity index (χ3v) is 3.56. The van der Waals surface area contributed by atoms with Gasteiger partial charge in [0, 0.05) is 22.8 Å². The highest BCUT2D eigenvalue weighted by Gasteiger charge is 2.07. The molecule has 3 aromatic rings. The average molecular weight is 298 g/mol. The normalized spacial score (nSPS) is 10.8. The molecule has 4 heteroatoms. The molecule has 0 aliphatic carbocycles. The second-order valence-electron chi connectivity index (χ2n) is 4.86. The predicted octanol–water partition coefficient (Wildman–Crippen LogP) is 3.91. The molecule has 0 atom stereocenters. The van der Waals surface area contributed by atoms with Crippen LogP contribution in [-0.2, 0) is 6.54 Å². The lowest BCUT2D eigenvalue weighted by atomic mass is 10.1. The van der Waals surface area contributed by atoms with Gasteiger partial charge in [-0.2, -0.15) is 0 Å². The highest BCUT2D eigenvalue weighted by Crippen LogP contribution is 2.25. The smallest absolute Gasteiger partial charge is 0.0997 e. The first-order chi connectivity index (χ1) is 10.3. The molecule has 0 saturated heterocycles. The monoisotopic (exact) mass is 297 g/mol. The van der Waals surface area contributed by atoms with Crippen LogP contribution in [-0.4, -0.2) is 16.6 Å². The fourth-order valence-corrected chi connectivity index (χ4v) is 2.57. The average Bonchev–Trinajstić information content (AvgIpc) is 2.97. The minimum absolute atomic E-state index is 0.726. The molecule has 0 fully saturated rings. The van der Waals surface area contributed by atoms with E-state index in [2.05, 4.69) is 39.1 Å². The minimum atomic E-state index is 0.726. The Kier molecular flexibility index (Phi) is 4.04. The van der Waals surface area contributed by atoms with Gasteiger partial charge in [0.2, 0.25) is 0 Å². The molecular formula is C17H16ClN3. The summed E-state index contributed by atoms with van der Waals surface area (Å²) >= 11 is 6.09. The van der Waals surface area contributed by atoms with Gasteiger partial charge in [0.15, 0.2) is 0 Å². The molecule has 0 bridgehead atoms. The van der Waals surface area contributed by atoms with Crippen molar-refractivity contribution in [2.45, 2.75) is 6.54 Å². The highest BCUT2D eigenvalue weighted by molar-refractivity contribution is 6.30. The molecule has 1 N–H and O–H groups in total. The van der Waals surface area contributed by atoms with Crippen LogP contribution in [0.4, 0.5) is 0 Å². The number of hydrogen-bond donors (Lipinski definition) is 1. The minimum Gasteiger partial charge on any atom is -0.316 e. The van der Waals surface area contributed by atoms with Crippen LogP contribution in [0.25, 0.3) is 16.9 Å². The van der Waals surface area contributed by atoms with Gasteiger partial charge in [0.25, 0.3) is 0 Å². The Balaban J connectivity index is 2.05. The number of hydrogen-bond acceptors (Lipinski definition) is 2. The second-order valence-corrected chi connectivity index (χ2v) is 5.30. The summed E-state index contributed by atoms with van der Waals surface area (Å²) in [4.78, 5) is 4.28. The molecular weight excluding hydrogens is 282 g/mol. The lowest BCUT2D eigenvalue weighted by molar-refractivity contribution is 0.816. The fourth-order valence-electron chi connectivity index (χ4n) is 2.38. The lowest BCUT2D eigenvalue weighted by Gasteiger charge is -2.10. The van der Waals surface area contributed by atoms with Crippen LogP contribution in [0.2, 0.25) is 5.02 Å². The molecule has 0 saturated carbocycles. The molecule has 2 aromatic carbocycles. The summed E-state index contributed by atoms with van der Waals surface area (Å²) in [7, 11) is 1.95. The quantitative estimate of drug-likeness (QED) is 0.791.